The van der Waals surface area contributed by atoms with Gasteiger partial charge in [0.25, 0.3) is 0 Å². The van der Waals surface area contributed by atoms with Gasteiger partial charge in [-0.3, -0.25) is 0 Å². The molecule has 1 fully saturated rings. The normalized spacial score (nSPS) is 18.8. The lowest BCUT2D eigenvalue weighted by molar-refractivity contribution is 0.148. The van der Waals surface area contributed by atoms with Crippen molar-refractivity contribution >= 4 is 0 Å². The third kappa shape index (κ3) is 8.43. The van der Waals surface area contributed by atoms with Crippen molar-refractivity contribution in [3.05, 3.63) is 95.6 Å². The van der Waals surface area contributed by atoms with Gasteiger partial charge in [-0.2, -0.15) is 0 Å². The first kappa shape index (κ1) is 24.5. The number of hydrogen-bond donors (Lipinski definition) is 0. The predicted molar refractivity (Wildman–Crippen MR) is 138 cm³/mol. The molecule has 0 heterocycles. The van der Waals surface area contributed by atoms with Crippen molar-refractivity contribution in [2.75, 3.05) is 6.61 Å². The first-order valence-corrected chi connectivity index (χ1v) is 12.8. The molecule has 0 aliphatic heterocycles. The average molecular weight is 431 g/mol. The Morgan fingerprint density at radius 3 is 2.16 bits per heavy atom. The van der Waals surface area contributed by atoms with Gasteiger partial charge in [-0.25, -0.2) is 0 Å². The molecule has 32 heavy (non-hydrogen) atoms. The largest absolute Gasteiger partial charge is 0.373 e. The molecule has 1 saturated carbocycles. The summed E-state index contributed by atoms with van der Waals surface area (Å²) in [7, 11) is 0. The van der Waals surface area contributed by atoms with E-state index in [0.717, 1.165) is 24.7 Å². The van der Waals surface area contributed by atoms with Crippen LogP contribution in [0.2, 0.25) is 0 Å². The number of unbranched alkanes of at least 4 members (excludes halogenated alkanes) is 1. The van der Waals surface area contributed by atoms with Crippen LogP contribution in [0.1, 0.15) is 86.5 Å². The second-order valence-corrected chi connectivity index (χ2v) is 9.39. The molecule has 1 nitrogen and oxygen atoms in total. The van der Waals surface area contributed by atoms with E-state index in [1.54, 1.807) is 0 Å². The average Bonchev–Trinajstić information content (AvgIpc) is 2.84. The lowest BCUT2D eigenvalue weighted by Gasteiger charge is -2.29. The number of rotatable bonds is 13. The summed E-state index contributed by atoms with van der Waals surface area (Å²) in [6.07, 6.45) is 18.8. The van der Waals surface area contributed by atoms with Gasteiger partial charge in [0, 0.05) is 0 Å². The van der Waals surface area contributed by atoms with Crippen LogP contribution < -0.4 is 0 Å². The van der Waals surface area contributed by atoms with E-state index in [2.05, 4.69) is 74.2 Å². The lowest BCUT2D eigenvalue weighted by atomic mass is 9.77. The van der Waals surface area contributed by atoms with E-state index in [-0.39, 0.29) is 0 Å². The topological polar surface area (TPSA) is 9.23 Å². The molecule has 2 aromatic carbocycles. The maximum Gasteiger partial charge on any atom is 0.0721 e. The van der Waals surface area contributed by atoms with Gasteiger partial charge in [0.05, 0.1) is 13.2 Å². The number of ether oxygens (including phenoxy) is 1. The summed E-state index contributed by atoms with van der Waals surface area (Å²) in [6, 6.07) is 18.5. The molecule has 3 rings (SSSR count). The molecule has 172 valence electrons. The van der Waals surface area contributed by atoms with Crippen LogP contribution in [0.15, 0.2) is 73.3 Å². The zero-order chi connectivity index (χ0) is 22.4. The zero-order valence-corrected chi connectivity index (χ0v) is 20.1. The molecule has 1 aliphatic carbocycles. The van der Waals surface area contributed by atoms with E-state index in [1.165, 1.54) is 73.6 Å². The minimum atomic E-state index is 0.705. The molecular weight excluding hydrogens is 388 g/mol. The Kier molecular flexibility index (Phi) is 10.8. The van der Waals surface area contributed by atoms with E-state index in [4.69, 9.17) is 4.74 Å². The van der Waals surface area contributed by atoms with E-state index in [9.17, 15) is 0 Å². The summed E-state index contributed by atoms with van der Waals surface area (Å²) in [4.78, 5) is 0. The number of hydrogen-bond acceptors (Lipinski definition) is 1. The third-order valence-corrected chi connectivity index (χ3v) is 6.92. The first-order chi connectivity index (χ1) is 15.8. The smallest absolute Gasteiger partial charge is 0.0721 e. The Labute approximate surface area is 196 Å². The highest BCUT2D eigenvalue weighted by Crippen LogP contribution is 2.37. The van der Waals surface area contributed by atoms with Crippen molar-refractivity contribution in [2.45, 2.75) is 83.7 Å². The summed E-state index contributed by atoms with van der Waals surface area (Å²) in [5, 5.41) is 0. The van der Waals surface area contributed by atoms with Crippen LogP contribution in [0.25, 0.3) is 0 Å². The monoisotopic (exact) mass is 430 g/mol. The van der Waals surface area contributed by atoms with Gasteiger partial charge in [0.2, 0.25) is 0 Å². The molecule has 0 saturated heterocycles. The molecule has 0 unspecified atom stereocenters. The van der Waals surface area contributed by atoms with E-state index in [0.29, 0.717) is 13.2 Å². The molecule has 1 heteroatoms. The fraction of sp³-hybridized carbons (Fsp3) is 0.484. The predicted octanol–water partition coefficient (Wildman–Crippen LogP) is 8.58. The maximum absolute atomic E-state index is 5.72. The second-order valence-electron chi connectivity index (χ2n) is 9.39. The standard InChI is InChI=1S/C31H42O/c1-3-5-7-9-26-10-12-27(13-11-26)14-15-28-16-20-30(21-17-28)31-22-18-29(19-23-31)25-32-24-8-6-4-2/h3,6,8,10-13,18-19,22-23,28,30H,1,4-5,7,9,14-17,20-21,24-25H2,2H3/b8-6+/t28-,30-. The van der Waals surface area contributed by atoms with Crippen LogP contribution in [-0.2, 0) is 24.2 Å². The number of allylic oxidation sites excluding steroid dienone is 2. The molecular formula is C31H42O. The molecule has 0 bridgehead atoms. The van der Waals surface area contributed by atoms with Gasteiger partial charge >= 0.3 is 0 Å². The minimum Gasteiger partial charge on any atom is -0.373 e. The van der Waals surface area contributed by atoms with Gasteiger partial charge in [-0.05, 0) is 98.3 Å². The molecule has 2 aromatic rings. The second kappa shape index (κ2) is 14.1. The third-order valence-electron chi connectivity index (χ3n) is 6.92. The fourth-order valence-corrected chi connectivity index (χ4v) is 4.84. The van der Waals surface area contributed by atoms with Crippen LogP contribution in [0, 0.1) is 5.92 Å². The zero-order valence-electron chi connectivity index (χ0n) is 20.1. The highest BCUT2D eigenvalue weighted by Gasteiger charge is 2.22. The van der Waals surface area contributed by atoms with Crippen molar-refractivity contribution in [2.24, 2.45) is 5.92 Å². The SMILES string of the molecule is C=CCCCc1ccc(CC[C@H]2CC[C@H](c3ccc(COC/C=C/CC)cc3)CC2)cc1. The molecule has 0 spiro atoms. The quantitative estimate of drug-likeness (QED) is 0.228. The van der Waals surface area contributed by atoms with Crippen LogP contribution >= 0.6 is 0 Å². The van der Waals surface area contributed by atoms with Crippen molar-refractivity contribution < 1.29 is 4.74 Å². The molecule has 1 aliphatic rings. The highest BCUT2D eigenvalue weighted by atomic mass is 16.5. The molecule has 0 aromatic heterocycles. The van der Waals surface area contributed by atoms with E-state index < -0.39 is 0 Å². The van der Waals surface area contributed by atoms with Crippen molar-refractivity contribution in [1.29, 1.82) is 0 Å². The van der Waals surface area contributed by atoms with Gasteiger partial charge in [0.15, 0.2) is 0 Å². The van der Waals surface area contributed by atoms with Crippen LogP contribution in [0.5, 0.6) is 0 Å². The van der Waals surface area contributed by atoms with Gasteiger partial charge < -0.3 is 4.74 Å². The van der Waals surface area contributed by atoms with E-state index >= 15 is 0 Å². The van der Waals surface area contributed by atoms with Gasteiger partial charge in [-0.1, -0.05) is 73.7 Å². The maximum atomic E-state index is 5.72. The minimum absolute atomic E-state index is 0.705. The van der Waals surface area contributed by atoms with Gasteiger partial charge in [0.1, 0.15) is 0 Å². The lowest BCUT2D eigenvalue weighted by Crippen LogP contribution is -2.14. The number of benzene rings is 2. The Balaban J connectivity index is 1.35. The summed E-state index contributed by atoms with van der Waals surface area (Å²) >= 11 is 0. The summed E-state index contributed by atoms with van der Waals surface area (Å²) < 4.78 is 5.72. The summed E-state index contributed by atoms with van der Waals surface area (Å²) in [6.45, 7) is 7.37. The summed E-state index contributed by atoms with van der Waals surface area (Å²) in [5.41, 5.74) is 5.76. The molecule has 0 amide bonds. The van der Waals surface area contributed by atoms with Crippen LogP contribution in [0.3, 0.4) is 0 Å². The fourth-order valence-electron chi connectivity index (χ4n) is 4.84. The van der Waals surface area contributed by atoms with Crippen molar-refractivity contribution in [3.8, 4) is 0 Å². The Morgan fingerprint density at radius 1 is 0.844 bits per heavy atom. The molecule has 0 atom stereocenters. The molecule has 0 radical (unpaired) electrons. The Bertz CT molecular complexity index is 791. The van der Waals surface area contributed by atoms with Crippen LogP contribution in [0.4, 0.5) is 0 Å². The Hall–Kier alpha value is -2.12. The Morgan fingerprint density at radius 2 is 1.50 bits per heavy atom. The summed E-state index contributed by atoms with van der Waals surface area (Å²) in [5.74, 6) is 1.63. The molecule has 0 N–H and O–H groups in total. The van der Waals surface area contributed by atoms with Crippen molar-refractivity contribution in [1.82, 2.24) is 0 Å². The van der Waals surface area contributed by atoms with Gasteiger partial charge in [-0.15, -0.1) is 6.58 Å². The van der Waals surface area contributed by atoms with Crippen molar-refractivity contribution in [3.63, 3.8) is 0 Å². The number of aryl methyl sites for hydroxylation is 2. The van der Waals surface area contributed by atoms with Crippen LogP contribution in [-0.4, -0.2) is 6.61 Å². The highest BCUT2D eigenvalue weighted by molar-refractivity contribution is 5.26. The van der Waals surface area contributed by atoms with E-state index in [1.807, 2.05) is 6.08 Å². The first-order valence-electron chi connectivity index (χ1n) is 12.8.